The Morgan fingerprint density at radius 3 is 2.31 bits per heavy atom. The predicted molar refractivity (Wildman–Crippen MR) is 59.1 cm³/mol. The molecule has 0 saturated carbocycles. The second-order valence-electron chi connectivity index (χ2n) is 3.89. The zero-order valence-electron chi connectivity index (χ0n) is 9.50. The highest BCUT2D eigenvalue weighted by Crippen LogP contribution is 2.15. The van der Waals surface area contributed by atoms with E-state index in [1.165, 1.54) is 12.1 Å². The maximum atomic E-state index is 12.9. The molecule has 2 nitrogen and oxygen atoms in total. The van der Waals surface area contributed by atoms with E-state index in [1.54, 1.807) is 6.92 Å². The number of hydrogen-bond acceptors (Lipinski definition) is 2. The largest absolute Gasteiger partial charge is 0.392 e. The Kier molecular flexibility index (Phi) is 4.83. The predicted octanol–water partition coefficient (Wildman–Crippen LogP) is 2.39. The van der Waals surface area contributed by atoms with Gasteiger partial charge in [0.1, 0.15) is 11.6 Å². The van der Waals surface area contributed by atoms with Crippen LogP contribution in [0.5, 0.6) is 0 Å². The maximum Gasteiger partial charge on any atom is 0.126 e. The Morgan fingerprint density at radius 2 is 1.81 bits per heavy atom. The smallest absolute Gasteiger partial charge is 0.126 e. The van der Waals surface area contributed by atoms with Gasteiger partial charge in [0.2, 0.25) is 0 Å². The van der Waals surface area contributed by atoms with E-state index >= 15 is 0 Å². The molecule has 0 aliphatic carbocycles. The average molecular weight is 229 g/mol. The highest BCUT2D eigenvalue weighted by atomic mass is 19.1. The van der Waals surface area contributed by atoms with Gasteiger partial charge in [-0.25, -0.2) is 8.78 Å². The summed E-state index contributed by atoms with van der Waals surface area (Å²) in [5, 5.41) is 12.4. The second kappa shape index (κ2) is 5.92. The highest BCUT2D eigenvalue weighted by molar-refractivity contribution is 5.20. The fraction of sp³-hybridized carbons (Fsp3) is 0.500. The van der Waals surface area contributed by atoms with Crippen LogP contribution in [0.4, 0.5) is 8.78 Å². The summed E-state index contributed by atoms with van der Waals surface area (Å²) in [6.45, 7) is 4.09. The average Bonchev–Trinajstić information content (AvgIpc) is 2.23. The highest BCUT2D eigenvalue weighted by Gasteiger charge is 2.09. The summed E-state index contributed by atoms with van der Waals surface area (Å²) in [7, 11) is 0. The van der Waals surface area contributed by atoms with Gasteiger partial charge >= 0.3 is 0 Å². The third kappa shape index (κ3) is 3.87. The summed E-state index contributed by atoms with van der Waals surface area (Å²) in [4.78, 5) is 0. The molecule has 2 unspecified atom stereocenters. The van der Waals surface area contributed by atoms with Crippen LogP contribution >= 0.6 is 0 Å². The lowest BCUT2D eigenvalue weighted by molar-refractivity contribution is 0.163. The summed E-state index contributed by atoms with van der Waals surface area (Å²) in [6, 6.07) is 3.24. The molecular formula is C12H17F2NO. The van der Waals surface area contributed by atoms with Crippen molar-refractivity contribution in [2.24, 2.45) is 0 Å². The van der Waals surface area contributed by atoms with Crippen molar-refractivity contribution in [3.8, 4) is 0 Å². The quantitative estimate of drug-likeness (QED) is 0.812. The van der Waals surface area contributed by atoms with E-state index in [9.17, 15) is 13.9 Å². The van der Waals surface area contributed by atoms with Crippen LogP contribution in [0, 0.1) is 11.6 Å². The lowest BCUT2D eigenvalue weighted by Gasteiger charge is -2.16. The monoisotopic (exact) mass is 229 g/mol. The molecule has 0 heterocycles. The minimum Gasteiger partial charge on any atom is -0.392 e. The Bertz CT molecular complexity index is 324. The molecule has 0 radical (unpaired) electrons. The summed E-state index contributed by atoms with van der Waals surface area (Å²) >= 11 is 0. The van der Waals surface area contributed by atoms with Crippen LogP contribution in [0.3, 0.4) is 0 Å². The van der Waals surface area contributed by atoms with Gasteiger partial charge in [-0.05, 0) is 31.0 Å². The fourth-order valence-electron chi connectivity index (χ4n) is 1.40. The van der Waals surface area contributed by atoms with Gasteiger partial charge in [0.15, 0.2) is 0 Å². The van der Waals surface area contributed by atoms with Crippen molar-refractivity contribution in [3.05, 3.63) is 35.4 Å². The Balaban J connectivity index is 2.62. The SMILES string of the molecule is CCC(O)CNC(C)c1cc(F)cc(F)c1. The first-order valence-corrected chi connectivity index (χ1v) is 5.40. The number of nitrogens with one attached hydrogen (secondary N) is 1. The third-order valence-corrected chi connectivity index (χ3v) is 2.52. The van der Waals surface area contributed by atoms with E-state index in [1.807, 2.05) is 6.92 Å². The summed E-state index contributed by atoms with van der Waals surface area (Å²) in [5.74, 6) is -1.17. The molecule has 0 amide bonds. The summed E-state index contributed by atoms with van der Waals surface area (Å²) in [6.07, 6.45) is 0.220. The minimum atomic E-state index is -0.584. The first kappa shape index (κ1) is 13.1. The number of hydrogen-bond donors (Lipinski definition) is 2. The molecule has 0 bridgehead atoms. The maximum absolute atomic E-state index is 12.9. The molecule has 2 N–H and O–H groups in total. The van der Waals surface area contributed by atoms with E-state index in [-0.39, 0.29) is 6.04 Å². The number of rotatable bonds is 5. The number of benzene rings is 1. The van der Waals surface area contributed by atoms with E-state index in [2.05, 4.69) is 5.32 Å². The first-order chi connectivity index (χ1) is 7.52. The van der Waals surface area contributed by atoms with Crippen LogP contribution in [-0.4, -0.2) is 17.8 Å². The summed E-state index contributed by atoms with van der Waals surface area (Å²) < 4.78 is 25.9. The van der Waals surface area contributed by atoms with Crippen molar-refractivity contribution in [1.82, 2.24) is 5.32 Å². The third-order valence-electron chi connectivity index (χ3n) is 2.52. The molecule has 2 atom stereocenters. The van der Waals surface area contributed by atoms with E-state index in [0.717, 1.165) is 6.07 Å². The van der Waals surface area contributed by atoms with Gasteiger partial charge < -0.3 is 10.4 Å². The Hall–Kier alpha value is -1.00. The molecule has 0 aliphatic heterocycles. The van der Waals surface area contributed by atoms with Gasteiger partial charge in [0.05, 0.1) is 6.10 Å². The first-order valence-electron chi connectivity index (χ1n) is 5.40. The molecule has 0 aromatic heterocycles. The van der Waals surface area contributed by atoms with Crippen LogP contribution in [0.15, 0.2) is 18.2 Å². The van der Waals surface area contributed by atoms with Crippen molar-refractivity contribution in [2.45, 2.75) is 32.4 Å². The molecular weight excluding hydrogens is 212 g/mol. The standard InChI is InChI=1S/C12H17F2NO/c1-3-12(16)7-15-8(2)9-4-10(13)6-11(14)5-9/h4-6,8,12,15-16H,3,7H2,1-2H3. The van der Waals surface area contributed by atoms with Gasteiger partial charge in [-0.15, -0.1) is 0 Å². The Morgan fingerprint density at radius 1 is 1.25 bits per heavy atom. The van der Waals surface area contributed by atoms with Crippen molar-refractivity contribution in [3.63, 3.8) is 0 Å². The van der Waals surface area contributed by atoms with Crippen LogP contribution in [0.2, 0.25) is 0 Å². The van der Waals surface area contributed by atoms with Gasteiger partial charge in [-0.1, -0.05) is 6.92 Å². The zero-order valence-corrected chi connectivity index (χ0v) is 9.50. The number of aliphatic hydroxyl groups excluding tert-OH is 1. The van der Waals surface area contributed by atoms with Crippen molar-refractivity contribution >= 4 is 0 Å². The van der Waals surface area contributed by atoms with Crippen molar-refractivity contribution in [2.75, 3.05) is 6.54 Å². The molecule has 0 spiro atoms. The molecule has 0 aliphatic rings. The van der Waals surface area contributed by atoms with Gasteiger partial charge in [0.25, 0.3) is 0 Å². The molecule has 0 fully saturated rings. The van der Waals surface area contributed by atoms with Gasteiger partial charge in [0, 0.05) is 18.7 Å². The van der Waals surface area contributed by atoms with E-state index in [0.29, 0.717) is 18.5 Å². The molecule has 1 aromatic rings. The van der Waals surface area contributed by atoms with E-state index < -0.39 is 17.7 Å². The normalized spacial score (nSPS) is 14.8. The molecule has 90 valence electrons. The van der Waals surface area contributed by atoms with Crippen LogP contribution in [-0.2, 0) is 0 Å². The van der Waals surface area contributed by atoms with Gasteiger partial charge in [-0.2, -0.15) is 0 Å². The molecule has 4 heteroatoms. The van der Waals surface area contributed by atoms with Crippen LogP contribution in [0.1, 0.15) is 31.9 Å². The summed E-state index contributed by atoms with van der Waals surface area (Å²) in [5.41, 5.74) is 0.542. The Labute approximate surface area is 94.3 Å². The molecule has 1 rings (SSSR count). The van der Waals surface area contributed by atoms with Crippen LogP contribution in [0.25, 0.3) is 0 Å². The molecule has 16 heavy (non-hydrogen) atoms. The van der Waals surface area contributed by atoms with Crippen LogP contribution < -0.4 is 5.32 Å². The lowest BCUT2D eigenvalue weighted by Crippen LogP contribution is -2.28. The van der Waals surface area contributed by atoms with Gasteiger partial charge in [-0.3, -0.25) is 0 Å². The van der Waals surface area contributed by atoms with Crippen molar-refractivity contribution < 1.29 is 13.9 Å². The molecule has 0 saturated heterocycles. The van der Waals surface area contributed by atoms with E-state index in [4.69, 9.17) is 0 Å². The van der Waals surface area contributed by atoms with Crippen molar-refractivity contribution in [1.29, 1.82) is 0 Å². The number of aliphatic hydroxyl groups is 1. The fourth-order valence-corrected chi connectivity index (χ4v) is 1.40. The second-order valence-corrected chi connectivity index (χ2v) is 3.89. The molecule has 1 aromatic carbocycles. The topological polar surface area (TPSA) is 32.3 Å². The number of halogens is 2. The zero-order chi connectivity index (χ0) is 12.1. The lowest BCUT2D eigenvalue weighted by atomic mass is 10.1. The minimum absolute atomic E-state index is 0.189.